The molecule has 2 N–H and O–H groups in total. The number of aliphatic carboxylic acids is 1. The highest BCUT2D eigenvalue weighted by molar-refractivity contribution is 6.39. The minimum Gasteiger partial charge on any atom is -0.481 e. The number of aryl methyl sites for hydroxylation is 1. The molecule has 0 saturated carbocycles. The number of carboxylic acids is 1. The lowest BCUT2D eigenvalue weighted by molar-refractivity contribution is -0.146. The quantitative estimate of drug-likeness (QED) is 0.808. The molecule has 1 aromatic carbocycles. The Morgan fingerprint density at radius 3 is 2.30 bits per heavy atom. The molecule has 0 fully saturated rings. The maximum Gasteiger partial charge on any atom is 0.313 e. The summed E-state index contributed by atoms with van der Waals surface area (Å²) in [5.74, 6) is -3.28. The molecule has 1 rings (SSSR count). The van der Waals surface area contributed by atoms with Gasteiger partial charge in [0.05, 0.1) is 5.92 Å². The SMILES string of the molecule is Cc1ccc(NC(=O)C(=O)N(C)CC(C)C(=O)O)cc1. The lowest BCUT2D eigenvalue weighted by Gasteiger charge is -2.18. The monoisotopic (exact) mass is 278 g/mol. The van der Waals surface area contributed by atoms with Crippen LogP contribution in [0.3, 0.4) is 0 Å². The van der Waals surface area contributed by atoms with E-state index in [-0.39, 0.29) is 6.54 Å². The first kappa shape index (κ1) is 15.7. The second kappa shape index (κ2) is 6.70. The molecule has 1 atom stereocenters. The molecular weight excluding hydrogens is 260 g/mol. The van der Waals surface area contributed by atoms with Gasteiger partial charge >= 0.3 is 17.8 Å². The van der Waals surface area contributed by atoms with Gasteiger partial charge in [0, 0.05) is 19.3 Å². The van der Waals surface area contributed by atoms with Crippen molar-refractivity contribution in [2.24, 2.45) is 5.92 Å². The van der Waals surface area contributed by atoms with E-state index in [4.69, 9.17) is 5.11 Å². The molecule has 0 radical (unpaired) electrons. The first-order valence-corrected chi connectivity index (χ1v) is 6.17. The van der Waals surface area contributed by atoms with E-state index < -0.39 is 23.7 Å². The summed E-state index contributed by atoms with van der Waals surface area (Å²) in [6.07, 6.45) is 0. The third-order valence-corrected chi connectivity index (χ3v) is 2.82. The van der Waals surface area contributed by atoms with Gasteiger partial charge in [-0.15, -0.1) is 0 Å². The van der Waals surface area contributed by atoms with Gasteiger partial charge in [0.1, 0.15) is 0 Å². The van der Waals surface area contributed by atoms with Gasteiger partial charge in [-0.25, -0.2) is 0 Å². The molecule has 1 unspecified atom stereocenters. The van der Waals surface area contributed by atoms with E-state index >= 15 is 0 Å². The van der Waals surface area contributed by atoms with Crippen LogP contribution in [0.5, 0.6) is 0 Å². The third kappa shape index (κ3) is 4.38. The number of nitrogens with one attached hydrogen (secondary N) is 1. The number of amides is 2. The molecule has 0 heterocycles. The second-order valence-electron chi connectivity index (χ2n) is 4.75. The predicted octanol–water partition coefficient (Wildman–Crippen LogP) is 1.11. The largest absolute Gasteiger partial charge is 0.481 e. The zero-order valence-electron chi connectivity index (χ0n) is 11.7. The van der Waals surface area contributed by atoms with E-state index in [1.165, 1.54) is 14.0 Å². The Labute approximate surface area is 117 Å². The van der Waals surface area contributed by atoms with Crippen LogP contribution in [-0.4, -0.2) is 41.4 Å². The van der Waals surface area contributed by atoms with Gasteiger partial charge in [0.2, 0.25) is 0 Å². The highest BCUT2D eigenvalue weighted by Gasteiger charge is 2.22. The van der Waals surface area contributed by atoms with E-state index in [0.29, 0.717) is 5.69 Å². The number of rotatable bonds is 4. The van der Waals surface area contributed by atoms with Gasteiger partial charge < -0.3 is 15.3 Å². The van der Waals surface area contributed by atoms with E-state index in [2.05, 4.69) is 5.32 Å². The van der Waals surface area contributed by atoms with Crippen molar-refractivity contribution in [1.82, 2.24) is 4.90 Å². The Bertz CT molecular complexity index is 510. The molecular formula is C14H18N2O4. The lowest BCUT2D eigenvalue weighted by atomic mass is 10.2. The van der Waals surface area contributed by atoms with Gasteiger partial charge in [-0.2, -0.15) is 0 Å². The molecule has 0 saturated heterocycles. The average molecular weight is 278 g/mol. The van der Waals surface area contributed by atoms with Crippen LogP contribution < -0.4 is 5.32 Å². The topological polar surface area (TPSA) is 86.7 Å². The van der Waals surface area contributed by atoms with Crippen molar-refractivity contribution in [2.45, 2.75) is 13.8 Å². The molecule has 20 heavy (non-hydrogen) atoms. The van der Waals surface area contributed by atoms with E-state index in [9.17, 15) is 14.4 Å². The molecule has 0 aliphatic rings. The Kier molecular flexibility index (Phi) is 5.25. The van der Waals surface area contributed by atoms with E-state index in [0.717, 1.165) is 10.5 Å². The molecule has 0 spiro atoms. The maximum absolute atomic E-state index is 11.8. The molecule has 6 nitrogen and oxygen atoms in total. The Balaban J connectivity index is 2.60. The van der Waals surface area contributed by atoms with Crippen molar-refractivity contribution >= 4 is 23.5 Å². The first-order valence-electron chi connectivity index (χ1n) is 6.17. The van der Waals surface area contributed by atoms with Gasteiger partial charge in [0.25, 0.3) is 0 Å². The molecule has 0 aromatic heterocycles. The van der Waals surface area contributed by atoms with Crippen LogP contribution in [0.25, 0.3) is 0 Å². The van der Waals surface area contributed by atoms with E-state index in [1.807, 2.05) is 19.1 Å². The van der Waals surface area contributed by atoms with Crippen LogP contribution >= 0.6 is 0 Å². The number of benzene rings is 1. The molecule has 2 amide bonds. The van der Waals surface area contributed by atoms with Crippen molar-refractivity contribution in [3.05, 3.63) is 29.8 Å². The van der Waals surface area contributed by atoms with Crippen molar-refractivity contribution in [3.8, 4) is 0 Å². The summed E-state index contributed by atoms with van der Waals surface area (Å²) in [4.78, 5) is 35.3. The van der Waals surface area contributed by atoms with Crippen LogP contribution in [0.15, 0.2) is 24.3 Å². The molecule has 0 aliphatic carbocycles. The minimum absolute atomic E-state index is 0.0184. The normalized spacial score (nSPS) is 11.6. The van der Waals surface area contributed by atoms with Crippen molar-refractivity contribution in [3.63, 3.8) is 0 Å². The second-order valence-corrected chi connectivity index (χ2v) is 4.75. The zero-order valence-corrected chi connectivity index (χ0v) is 11.7. The summed E-state index contributed by atoms with van der Waals surface area (Å²) in [6, 6.07) is 7.02. The number of carboxylic acid groups (broad SMARTS) is 1. The predicted molar refractivity (Wildman–Crippen MR) is 74.2 cm³/mol. The lowest BCUT2D eigenvalue weighted by Crippen LogP contribution is -2.40. The van der Waals surface area contributed by atoms with Crippen LogP contribution in [-0.2, 0) is 14.4 Å². The summed E-state index contributed by atoms with van der Waals surface area (Å²) in [7, 11) is 1.40. The van der Waals surface area contributed by atoms with E-state index in [1.54, 1.807) is 12.1 Å². The smallest absolute Gasteiger partial charge is 0.313 e. The van der Waals surface area contributed by atoms with Crippen LogP contribution in [0, 0.1) is 12.8 Å². The number of carbonyl (C=O) groups is 3. The summed E-state index contributed by atoms with van der Waals surface area (Å²) >= 11 is 0. The standard InChI is InChI=1S/C14H18N2O4/c1-9-4-6-11(7-5-9)15-12(17)13(18)16(3)8-10(2)14(19)20/h4-7,10H,8H2,1-3H3,(H,15,17)(H,19,20). The Morgan fingerprint density at radius 1 is 1.25 bits per heavy atom. The number of likely N-dealkylation sites (N-methyl/N-ethyl adjacent to an activating group) is 1. The van der Waals surface area contributed by atoms with Gasteiger partial charge in [0.15, 0.2) is 0 Å². The minimum atomic E-state index is -1.01. The van der Waals surface area contributed by atoms with Crippen LogP contribution in [0.1, 0.15) is 12.5 Å². The Hall–Kier alpha value is -2.37. The number of hydrogen-bond donors (Lipinski definition) is 2. The fourth-order valence-corrected chi connectivity index (χ4v) is 1.57. The van der Waals surface area contributed by atoms with Crippen LogP contribution in [0.4, 0.5) is 5.69 Å². The van der Waals surface area contributed by atoms with Crippen molar-refractivity contribution in [1.29, 1.82) is 0 Å². The summed E-state index contributed by atoms with van der Waals surface area (Å²) in [5, 5.41) is 11.2. The fraction of sp³-hybridized carbons (Fsp3) is 0.357. The molecule has 6 heteroatoms. The van der Waals surface area contributed by atoms with Crippen LogP contribution in [0.2, 0.25) is 0 Å². The molecule has 0 aliphatic heterocycles. The maximum atomic E-state index is 11.8. The van der Waals surface area contributed by atoms with Crippen molar-refractivity contribution in [2.75, 3.05) is 18.9 Å². The summed E-state index contributed by atoms with van der Waals surface area (Å²) in [6.45, 7) is 3.37. The number of anilines is 1. The molecule has 108 valence electrons. The first-order chi connectivity index (χ1) is 9.31. The van der Waals surface area contributed by atoms with Crippen molar-refractivity contribution < 1.29 is 19.5 Å². The highest BCUT2D eigenvalue weighted by atomic mass is 16.4. The fourth-order valence-electron chi connectivity index (χ4n) is 1.57. The summed E-state index contributed by atoms with van der Waals surface area (Å²) in [5.41, 5.74) is 1.57. The van der Waals surface area contributed by atoms with Gasteiger partial charge in [-0.05, 0) is 19.1 Å². The zero-order chi connectivity index (χ0) is 15.3. The Morgan fingerprint density at radius 2 is 1.80 bits per heavy atom. The van der Waals surface area contributed by atoms with Gasteiger partial charge in [-0.3, -0.25) is 14.4 Å². The highest BCUT2D eigenvalue weighted by Crippen LogP contribution is 2.09. The molecule has 0 bridgehead atoms. The number of hydrogen-bond acceptors (Lipinski definition) is 3. The average Bonchev–Trinajstić information content (AvgIpc) is 2.40. The molecule has 1 aromatic rings. The number of carbonyl (C=O) groups excluding carboxylic acids is 2. The third-order valence-electron chi connectivity index (χ3n) is 2.82. The number of nitrogens with zero attached hydrogens (tertiary/aromatic N) is 1. The summed E-state index contributed by atoms with van der Waals surface area (Å²) < 4.78 is 0. The van der Waals surface area contributed by atoms with Gasteiger partial charge in [-0.1, -0.05) is 24.6 Å².